The van der Waals surface area contributed by atoms with Gasteiger partial charge in [-0.1, -0.05) is 48.4 Å². The molecule has 0 saturated carbocycles. The van der Waals surface area contributed by atoms with E-state index in [1.807, 2.05) is 71.0 Å². The Bertz CT molecular complexity index is 873. The molecule has 2 aromatic carbocycles. The Morgan fingerprint density at radius 2 is 1.69 bits per heavy atom. The largest absolute Gasteiger partial charge is 0.494 e. The molecule has 0 aliphatic rings. The predicted octanol–water partition coefficient (Wildman–Crippen LogP) is 5.53. The minimum atomic E-state index is -0.546. The fraction of sp³-hybridized carbons (Fsp3) is 0.462. The van der Waals surface area contributed by atoms with Crippen molar-refractivity contribution in [1.82, 2.24) is 10.2 Å². The molecule has 0 radical (unpaired) electrons. The van der Waals surface area contributed by atoms with Crippen molar-refractivity contribution in [3.8, 4) is 5.75 Å². The summed E-state index contributed by atoms with van der Waals surface area (Å²) in [5, 5.41) is 3.65. The zero-order valence-electron chi connectivity index (χ0n) is 19.8. The van der Waals surface area contributed by atoms with E-state index in [9.17, 15) is 9.59 Å². The maximum atomic E-state index is 13.2. The number of carbonyl (C=O) groups is 2. The standard InChI is InChI=1S/C26H35ClN2O3/c1-6-23(25(31)28-26(3,4)5)29(18-20-11-13-21(27)14-12-20)24(30)8-7-17-32-22-15-9-19(2)10-16-22/h9-16,23H,6-8,17-18H2,1-5H3,(H,28,31)/t23-/m1/s1. The molecular formula is C26H35ClN2O3. The number of carbonyl (C=O) groups excluding carboxylic acids is 2. The van der Waals surface area contributed by atoms with Crippen molar-refractivity contribution in [2.75, 3.05) is 6.61 Å². The first-order chi connectivity index (χ1) is 15.1. The van der Waals surface area contributed by atoms with Gasteiger partial charge in [0, 0.05) is 23.5 Å². The van der Waals surface area contributed by atoms with Crippen LogP contribution in [0.4, 0.5) is 0 Å². The van der Waals surface area contributed by atoms with Crippen LogP contribution in [0.3, 0.4) is 0 Å². The third-order valence-corrected chi connectivity index (χ3v) is 5.23. The van der Waals surface area contributed by atoms with Crippen LogP contribution in [0.2, 0.25) is 5.02 Å². The highest BCUT2D eigenvalue weighted by Gasteiger charge is 2.30. The summed E-state index contributed by atoms with van der Waals surface area (Å²) in [4.78, 5) is 27.9. The fourth-order valence-electron chi connectivity index (χ4n) is 3.35. The lowest BCUT2D eigenvalue weighted by molar-refractivity contribution is -0.142. The summed E-state index contributed by atoms with van der Waals surface area (Å²) in [6.45, 7) is 10.6. The molecular weight excluding hydrogens is 424 g/mol. The van der Waals surface area contributed by atoms with Gasteiger partial charge in [0.2, 0.25) is 11.8 Å². The van der Waals surface area contributed by atoms with Gasteiger partial charge in [0.15, 0.2) is 0 Å². The van der Waals surface area contributed by atoms with E-state index >= 15 is 0 Å². The molecule has 2 amide bonds. The van der Waals surface area contributed by atoms with E-state index in [2.05, 4.69) is 5.32 Å². The number of benzene rings is 2. The summed E-state index contributed by atoms with van der Waals surface area (Å²) in [6, 6.07) is 14.7. The van der Waals surface area contributed by atoms with Crippen LogP contribution in [0.5, 0.6) is 5.75 Å². The Balaban J connectivity index is 2.07. The highest BCUT2D eigenvalue weighted by molar-refractivity contribution is 6.30. The molecule has 2 aromatic rings. The summed E-state index contributed by atoms with van der Waals surface area (Å²) in [5.41, 5.74) is 1.73. The van der Waals surface area contributed by atoms with Crippen molar-refractivity contribution in [2.45, 2.75) is 72.0 Å². The van der Waals surface area contributed by atoms with Gasteiger partial charge in [0.25, 0.3) is 0 Å². The summed E-state index contributed by atoms with van der Waals surface area (Å²) >= 11 is 6.01. The van der Waals surface area contributed by atoms with Crippen LogP contribution >= 0.6 is 11.6 Å². The molecule has 0 spiro atoms. The maximum absolute atomic E-state index is 13.2. The van der Waals surface area contributed by atoms with Gasteiger partial charge in [-0.3, -0.25) is 9.59 Å². The van der Waals surface area contributed by atoms with Crippen LogP contribution in [-0.2, 0) is 16.1 Å². The maximum Gasteiger partial charge on any atom is 0.243 e. The third kappa shape index (κ3) is 8.54. The topological polar surface area (TPSA) is 58.6 Å². The molecule has 0 unspecified atom stereocenters. The zero-order valence-corrected chi connectivity index (χ0v) is 20.5. The van der Waals surface area contributed by atoms with Crippen molar-refractivity contribution in [1.29, 1.82) is 0 Å². The molecule has 0 fully saturated rings. The SMILES string of the molecule is CC[C@H](C(=O)NC(C)(C)C)N(Cc1ccc(Cl)cc1)C(=O)CCCOc1ccc(C)cc1. The van der Waals surface area contributed by atoms with E-state index in [0.29, 0.717) is 37.4 Å². The lowest BCUT2D eigenvalue weighted by Crippen LogP contribution is -2.53. The van der Waals surface area contributed by atoms with Gasteiger partial charge in [-0.2, -0.15) is 0 Å². The molecule has 5 nitrogen and oxygen atoms in total. The average molecular weight is 459 g/mol. The number of rotatable bonds is 10. The lowest BCUT2D eigenvalue weighted by atomic mass is 10.0. The molecule has 6 heteroatoms. The molecule has 0 heterocycles. The molecule has 1 N–H and O–H groups in total. The molecule has 1 atom stereocenters. The summed E-state index contributed by atoms with van der Waals surface area (Å²) in [7, 11) is 0. The molecule has 0 saturated heterocycles. The molecule has 0 aliphatic carbocycles. The number of halogens is 1. The van der Waals surface area contributed by atoms with E-state index in [1.165, 1.54) is 5.56 Å². The van der Waals surface area contributed by atoms with Gasteiger partial charge >= 0.3 is 0 Å². The molecule has 174 valence electrons. The van der Waals surface area contributed by atoms with E-state index in [-0.39, 0.29) is 17.4 Å². The van der Waals surface area contributed by atoms with Crippen molar-refractivity contribution in [3.05, 3.63) is 64.7 Å². The first-order valence-electron chi connectivity index (χ1n) is 11.1. The van der Waals surface area contributed by atoms with Crippen LogP contribution in [0.15, 0.2) is 48.5 Å². The second-order valence-electron chi connectivity index (χ2n) is 9.08. The highest BCUT2D eigenvalue weighted by Crippen LogP contribution is 2.18. The molecule has 2 rings (SSSR count). The Kier molecular flexibility index (Phi) is 9.58. The minimum absolute atomic E-state index is 0.0663. The average Bonchev–Trinajstić information content (AvgIpc) is 2.72. The number of amides is 2. The number of ether oxygens (including phenoxy) is 1. The smallest absolute Gasteiger partial charge is 0.243 e. The Hall–Kier alpha value is -2.53. The van der Waals surface area contributed by atoms with Gasteiger partial charge in [0.1, 0.15) is 11.8 Å². The van der Waals surface area contributed by atoms with E-state index in [0.717, 1.165) is 11.3 Å². The summed E-state index contributed by atoms with van der Waals surface area (Å²) < 4.78 is 5.76. The van der Waals surface area contributed by atoms with Gasteiger partial charge in [-0.15, -0.1) is 0 Å². The number of aryl methyl sites for hydroxylation is 1. The van der Waals surface area contributed by atoms with Crippen molar-refractivity contribution >= 4 is 23.4 Å². The van der Waals surface area contributed by atoms with E-state index in [1.54, 1.807) is 17.0 Å². The first-order valence-corrected chi connectivity index (χ1v) is 11.5. The number of hydrogen-bond donors (Lipinski definition) is 1. The Morgan fingerprint density at radius 1 is 1.06 bits per heavy atom. The van der Waals surface area contributed by atoms with Crippen molar-refractivity contribution < 1.29 is 14.3 Å². The van der Waals surface area contributed by atoms with Crippen molar-refractivity contribution in [2.24, 2.45) is 0 Å². The first kappa shape index (κ1) is 25.7. The van der Waals surface area contributed by atoms with Crippen LogP contribution in [0.25, 0.3) is 0 Å². The third-order valence-electron chi connectivity index (χ3n) is 4.97. The van der Waals surface area contributed by atoms with Crippen LogP contribution in [-0.4, -0.2) is 34.9 Å². The van der Waals surface area contributed by atoms with E-state index < -0.39 is 6.04 Å². The summed E-state index contributed by atoms with van der Waals surface area (Å²) in [6.07, 6.45) is 1.40. The molecule has 32 heavy (non-hydrogen) atoms. The normalized spacial score (nSPS) is 12.2. The Labute approximate surface area is 197 Å². The second-order valence-corrected chi connectivity index (χ2v) is 9.51. The van der Waals surface area contributed by atoms with Crippen LogP contribution < -0.4 is 10.1 Å². The van der Waals surface area contributed by atoms with Gasteiger partial charge in [-0.05, 0) is 70.4 Å². The number of nitrogens with zero attached hydrogens (tertiary/aromatic N) is 1. The zero-order chi connectivity index (χ0) is 23.7. The fourth-order valence-corrected chi connectivity index (χ4v) is 3.48. The molecule has 0 aromatic heterocycles. The second kappa shape index (κ2) is 11.9. The lowest BCUT2D eigenvalue weighted by Gasteiger charge is -2.33. The van der Waals surface area contributed by atoms with Gasteiger partial charge in [-0.25, -0.2) is 0 Å². The van der Waals surface area contributed by atoms with Crippen molar-refractivity contribution in [3.63, 3.8) is 0 Å². The number of nitrogens with one attached hydrogen (secondary N) is 1. The predicted molar refractivity (Wildman–Crippen MR) is 130 cm³/mol. The quantitative estimate of drug-likeness (QED) is 0.476. The monoisotopic (exact) mass is 458 g/mol. The van der Waals surface area contributed by atoms with Gasteiger partial charge < -0.3 is 15.0 Å². The number of hydrogen-bond acceptors (Lipinski definition) is 3. The van der Waals surface area contributed by atoms with Crippen LogP contribution in [0, 0.1) is 6.92 Å². The highest BCUT2D eigenvalue weighted by atomic mass is 35.5. The minimum Gasteiger partial charge on any atom is -0.494 e. The summed E-state index contributed by atoms with van der Waals surface area (Å²) in [5.74, 6) is 0.582. The molecule has 0 bridgehead atoms. The van der Waals surface area contributed by atoms with E-state index in [4.69, 9.17) is 16.3 Å². The molecule has 0 aliphatic heterocycles. The van der Waals surface area contributed by atoms with Crippen LogP contribution in [0.1, 0.15) is 58.1 Å². The Morgan fingerprint density at radius 3 is 2.25 bits per heavy atom. The van der Waals surface area contributed by atoms with Gasteiger partial charge in [0.05, 0.1) is 6.61 Å².